The first-order chi connectivity index (χ1) is 16.1. The third-order valence-corrected chi connectivity index (χ3v) is 5.71. The maximum absolute atomic E-state index is 12.8. The van der Waals surface area contributed by atoms with Crippen molar-refractivity contribution in [3.63, 3.8) is 0 Å². The standard InChI is InChI=1S/C26H28N4O3/c1-33-21-12-10-20(11-13-21)25(31)29-23-8-4-3-7-22(23)26(32)28-18-19-9-14-24(27-17-19)30-15-5-2-6-16-30/h3-4,7-14,17H,2,5-6,15-16,18H2,1H3,(H,28,32)(H,29,31). The molecule has 2 N–H and O–H groups in total. The summed E-state index contributed by atoms with van der Waals surface area (Å²) in [6, 6.07) is 17.8. The minimum absolute atomic E-state index is 0.263. The Morgan fingerprint density at radius 3 is 2.39 bits per heavy atom. The monoisotopic (exact) mass is 444 g/mol. The van der Waals surface area contributed by atoms with E-state index in [4.69, 9.17) is 4.74 Å². The van der Waals surface area contributed by atoms with Gasteiger partial charge in [-0.1, -0.05) is 18.2 Å². The van der Waals surface area contributed by atoms with Crippen LogP contribution in [0.5, 0.6) is 5.75 Å². The highest BCUT2D eigenvalue weighted by atomic mass is 16.5. The molecule has 1 aromatic heterocycles. The molecule has 1 aliphatic rings. The smallest absolute Gasteiger partial charge is 0.255 e. The highest BCUT2D eigenvalue weighted by Gasteiger charge is 2.15. The lowest BCUT2D eigenvalue weighted by atomic mass is 10.1. The fraction of sp³-hybridized carbons (Fsp3) is 0.269. The van der Waals surface area contributed by atoms with Gasteiger partial charge in [0, 0.05) is 31.4 Å². The average Bonchev–Trinajstić information content (AvgIpc) is 2.88. The lowest BCUT2D eigenvalue weighted by Crippen LogP contribution is -2.30. The predicted molar refractivity (Wildman–Crippen MR) is 129 cm³/mol. The Morgan fingerprint density at radius 1 is 0.939 bits per heavy atom. The summed E-state index contributed by atoms with van der Waals surface area (Å²) < 4.78 is 5.13. The van der Waals surface area contributed by atoms with E-state index in [9.17, 15) is 9.59 Å². The molecule has 3 aromatic rings. The number of aromatic nitrogens is 1. The molecule has 0 spiro atoms. The number of benzene rings is 2. The van der Waals surface area contributed by atoms with Crippen molar-refractivity contribution in [3.05, 3.63) is 83.6 Å². The third kappa shape index (κ3) is 5.68. The van der Waals surface area contributed by atoms with Crippen LogP contribution in [0.2, 0.25) is 0 Å². The van der Waals surface area contributed by atoms with Crippen LogP contribution in [0.25, 0.3) is 0 Å². The molecule has 1 aliphatic heterocycles. The van der Waals surface area contributed by atoms with E-state index in [1.807, 2.05) is 18.3 Å². The second kappa shape index (κ2) is 10.6. The number of piperidine rings is 1. The number of anilines is 2. The van der Waals surface area contributed by atoms with Crippen molar-refractivity contribution in [2.45, 2.75) is 25.8 Å². The van der Waals surface area contributed by atoms with Gasteiger partial charge in [0.2, 0.25) is 0 Å². The van der Waals surface area contributed by atoms with Gasteiger partial charge in [0.1, 0.15) is 11.6 Å². The van der Waals surface area contributed by atoms with Crippen LogP contribution in [0.15, 0.2) is 66.9 Å². The highest BCUT2D eigenvalue weighted by molar-refractivity contribution is 6.09. The van der Waals surface area contributed by atoms with E-state index in [0.717, 1.165) is 24.5 Å². The molecule has 2 heterocycles. The van der Waals surface area contributed by atoms with Crippen LogP contribution in [0, 0.1) is 0 Å². The topological polar surface area (TPSA) is 83.6 Å². The van der Waals surface area contributed by atoms with E-state index in [0.29, 0.717) is 29.1 Å². The Balaban J connectivity index is 1.38. The normalized spacial score (nSPS) is 13.3. The number of rotatable bonds is 7. The predicted octanol–water partition coefficient (Wildman–Crippen LogP) is 4.26. The number of amides is 2. The van der Waals surface area contributed by atoms with Crippen molar-refractivity contribution in [2.75, 3.05) is 30.4 Å². The van der Waals surface area contributed by atoms with Gasteiger partial charge in [-0.15, -0.1) is 0 Å². The lowest BCUT2D eigenvalue weighted by Gasteiger charge is -2.27. The van der Waals surface area contributed by atoms with Gasteiger partial charge in [-0.25, -0.2) is 4.98 Å². The molecule has 33 heavy (non-hydrogen) atoms. The number of pyridine rings is 1. The van der Waals surface area contributed by atoms with Crippen LogP contribution < -0.4 is 20.3 Å². The number of nitrogens with zero attached hydrogens (tertiary/aromatic N) is 2. The maximum Gasteiger partial charge on any atom is 0.255 e. The first-order valence-corrected chi connectivity index (χ1v) is 11.2. The van der Waals surface area contributed by atoms with Crippen LogP contribution in [0.1, 0.15) is 45.5 Å². The van der Waals surface area contributed by atoms with Gasteiger partial charge in [-0.05, 0) is 67.3 Å². The van der Waals surface area contributed by atoms with E-state index in [1.54, 1.807) is 55.6 Å². The van der Waals surface area contributed by atoms with Gasteiger partial charge < -0.3 is 20.3 Å². The molecular weight excluding hydrogens is 416 g/mol. The fourth-order valence-corrected chi connectivity index (χ4v) is 3.84. The summed E-state index contributed by atoms with van der Waals surface area (Å²) in [5.74, 6) is 1.09. The molecule has 7 heteroatoms. The molecule has 0 aliphatic carbocycles. The van der Waals surface area contributed by atoms with Crippen LogP contribution in [0.3, 0.4) is 0 Å². The zero-order valence-corrected chi connectivity index (χ0v) is 18.7. The second-order valence-corrected chi connectivity index (χ2v) is 7.98. The molecule has 2 aromatic carbocycles. The molecule has 0 radical (unpaired) electrons. The molecule has 0 unspecified atom stereocenters. The Hall–Kier alpha value is -3.87. The van der Waals surface area contributed by atoms with Gasteiger partial charge in [0.05, 0.1) is 18.4 Å². The number of para-hydroxylation sites is 1. The third-order valence-electron chi connectivity index (χ3n) is 5.71. The number of ether oxygens (including phenoxy) is 1. The van der Waals surface area contributed by atoms with Crippen molar-refractivity contribution >= 4 is 23.3 Å². The van der Waals surface area contributed by atoms with Crippen molar-refractivity contribution < 1.29 is 14.3 Å². The van der Waals surface area contributed by atoms with Crippen LogP contribution in [-0.4, -0.2) is 37.0 Å². The van der Waals surface area contributed by atoms with Gasteiger partial charge in [-0.2, -0.15) is 0 Å². The zero-order valence-electron chi connectivity index (χ0n) is 18.7. The van der Waals surface area contributed by atoms with Gasteiger partial charge >= 0.3 is 0 Å². The van der Waals surface area contributed by atoms with E-state index >= 15 is 0 Å². The first kappa shape index (κ1) is 22.3. The molecule has 4 rings (SSSR count). The van der Waals surface area contributed by atoms with Gasteiger partial charge in [0.25, 0.3) is 11.8 Å². The average molecular weight is 445 g/mol. The number of methoxy groups -OCH3 is 1. The number of carbonyl (C=O) groups excluding carboxylic acids is 2. The summed E-state index contributed by atoms with van der Waals surface area (Å²) in [5, 5.41) is 5.75. The van der Waals surface area contributed by atoms with Crippen LogP contribution in [0.4, 0.5) is 11.5 Å². The molecule has 1 saturated heterocycles. The fourth-order valence-electron chi connectivity index (χ4n) is 3.84. The molecule has 1 fully saturated rings. The summed E-state index contributed by atoms with van der Waals surface area (Å²) in [6.45, 7) is 2.44. The van der Waals surface area contributed by atoms with E-state index < -0.39 is 0 Å². The number of nitrogens with one attached hydrogen (secondary N) is 2. The summed E-state index contributed by atoms with van der Waals surface area (Å²) in [5.41, 5.74) is 2.25. The quantitative estimate of drug-likeness (QED) is 0.569. The van der Waals surface area contributed by atoms with Crippen LogP contribution >= 0.6 is 0 Å². The summed E-state index contributed by atoms with van der Waals surface area (Å²) in [7, 11) is 1.57. The van der Waals surface area contributed by atoms with E-state index in [1.165, 1.54) is 19.3 Å². The molecule has 0 bridgehead atoms. The molecular formula is C26H28N4O3. The van der Waals surface area contributed by atoms with Crippen molar-refractivity contribution in [1.29, 1.82) is 0 Å². The zero-order chi connectivity index (χ0) is 23.0. The van der Waals surface area contributed by atoms with Crippen molar-refractivity contribution in [3.8, 4) is 5.75 Å². The number of carbonyl (C=O) groups is 2. The van der Waals surface area contributed by atoms with Crippen LogP contribution in [-0.2, 0) is 6.54 Å². The SMILES string of the molecule is COc1ccc(C(=O)Nc2ccccc2C(=O)NCc2ccc(N3CCCCC3)nc2)cc1. The molecule has 2 amide bonds. The second-order valence-electron chi connectivity index (χ2n) is 7.98. The maximum atomic E-state index is 12.8. The van der Waals surface area contributed by atoms with E-state index in [2.05, 4.69) is 20.5 Å². The van der Waals surface area contributed by atoms with Gasteiger partial charge in [0.15, 0.2) is 0 Å². The Bertz CT molecular complexity index is 1090. The number of hydrogen-bond acceptors (Lipinski definition) is 5. The molecule has 7 nitrogen and oxygen atoms in total. The minimum Gasteiger partial charge on any atom is -0.497 e. The summed E-state index contributed by atoms with van der Waals surface area (Å²) in [4.78, 5) is 32.3. The molecule has 0 saturated carbocycles. The van der Waals surface area contributed by atoms with Crippen molar-refractivity contribution in [1.82, 2.24) is 10.3 Å². The lowest BCUT2D eigenvalue weighted by molar-refractivity contribution is 0.0951. The Labute approximate surface area is 193 Å². The number of hydrogen-bond donors (Lipinski definition) is 2. The Morgan fingerprint density at radius 2 is 1.70 bits per heavy atom. The largest absolute Gasteiger partial charge is 0.497 e. The Kier molecular flexibility index (Phi) is 7.19. The minimum atomic E-state index is -0.296. The van der Waals surface area contributed by atoms with E-state index in [-0.39, 0.29) is 11.8 Å². The van der Waals surface area contributed by atoms with Crippen molar-refractivity contribution in [2.24, 2.45) is 0 Å². The van der Waals surface area contributed by atoms with Gasteiger partial charge in [-0.3, -0.25) is 9.59 Å². The summed E-state index contributed by atoms with van der Waals surface area (Å²) in [6.07, 6.45) is 5.49. The molecule has 170 valence electrons. The highest BCUT2D eigenvalue weighted by Crippen LogP contribution is 2.19. The first-order valence-electron chi connectivity index (χ1n) is 11.2. The molecule has 0 atom stereocenters. The summed E-state index contributed by atoms with van der Waals surface area (Å²) >= 11 is 0.